The molecule has 8 heteroatoms. The molecule has 0 saturated carbocycles. The first-order valence-electron chi connectivity index (χ1n) is 10.2. The molecule has 1 N–H and O–H groups in total. The quantitative estimate of drug-likeness (QED) is 0.226. The van der Waals surface area contributed by atoms with Gasteiger partial charge in [0.1, 0.15) is 18.1 Å². The highest BCUT2D eigenvalue weighted by molar-refractivity contribution is 14.1. The van der Waals surface area contributed by atoms with Crippen molar-refractivity contribution in [3.63, 3.8) is 0 Å². The van der Waals surface area contributed by atoms with Gasteiger partial charge in [-0.2, -0.15) is 0 Å². The average Bonchev–Trinajstić information content (AvgIpc) is 3.14. The molecular formula is C25H20BrIN2O3S. The van der Waals surface area contributed by atoms with Gasteiger partial charge < -0.3 is 14.8 Å². The monoisotopic (exact) mass is 634 g/mol. The lowest BCUT2D eigenvalue weighted by molar-refractivity contribution is -0.115. The van der Waals surface area contributed by atoms with Crippen molar-refractivity contribution in [3.05, 3.63) is 90.8 Å². The highest BCUT2D eigenvalue weighted by Crippen LogP contribution is 2.30. The molecule has 0 spiro atoms. The summed E-state index contributed by atoms with van der Waals surface area (Å²) in [5, 5.41) is 3.38. The Hall–Kier alpha value is -2.30. The minimum Gasteiger partial charge on any atom is -0.494 e. The number of amidine groups is 1. The zero-order chi connectivity index (χ0) is 23.2. The highest BCUT2D eigenvalue weighted by atomic mass is 127. The highest BCUT2D eigenvalue weighted by Gasteiger charge is 2.24. The Kier molecular flexibility index (Phi) is 8.11. The molecule has 4 rings (SSSR count). The van der Waals surface area contributed by atoms with Crippen molar-refractivity contribution in [1.29, 1.82) is 0 Å². The maximum Gasteiger partial charge on any atom is 0.264 e. The lowest BCUT2D eigenvalue weighted by atomic mass is 10.2. The van der Waals surface area contributed by atoms with Crippen molar-refractivity contribution in [2.75, 3.05) is 6.61 Å². The van der Waals surface area contributed by atoms with Crippen LogP contribution in [0.4, 0.5) is 5.69 Å². The van der Waals surface area contributed by atoms with Gasteiger partial charge in [-0.1, -0.05) is 34.1 Å². The number of aliphatic imine (C=N–C) groups is 1. The normalized spacial score (nSPS) is 15.7. The number of thioether (sulfide) groups is 1. The Morgan fingerprint density at radius 2 is 1.82 bits per heavy atom. The number of hydrogen-bond acceptors (Lipinski definition) is 5. The molecule has 0 aromatic heterocycles. The topological polar surface area (TPSA) is 59.9 Å². The van der Waals surface area contributed by atoms with Crippen molar-refractivity contribution in [2.24, 2.45) is 4.99 Å². The maximum atomic E-state index is 12.4. The predicted octanol–water partition coefficient (Wildman–Crippen LogP) is 6.92. The zero-order valence-electron chi connectivity index (χ0n) is 17.7. The third kappa shape index (κ3) is 6.61. The molecule has 1 aliphatic heterocycles. The summed E-state index contributed by atoms with van der Waals surface area (Å²) in [5.74, 6) is 1.45. The largest absolute Gasteiger partial charge is 0.494 e. The van der Waals surface area contributed by atoms with E-state index in [1.165, 1.54) is 11.8 Å². The molecule has 0 unspecified atom stereocenters. The van der Waals surface area contributed by atoms with Crippen LogP contribution < -0.4 is 14.8 Å². The lowest BCUT2D eigenvalue weighted by Gasteiger charge is -2.09. The predicted molar refractivity (Wildman–Crippen MR) is 146 cm³/mol. The maximum absolute atomic E-state index is 12.4. The average molecular weight is 635 g/mol. The Morgan fingerprint density at radius 3 is 2.52 bits per heavy atom. The van der Waals surface area contributed by atoms with Gasteiger partial charge in [-0.25, -0.2) is 4.99 Å². The van der Waals surface area contributed by atoms with Gasteiger partial charge in [0.05, 0.1) is 20.8 Å². The summed E-state index contributed by atoms with van der Waals surface area (Å²) in [5.41, 5.74) is 2.78. The van der Waals surface area contributed by atoms with Gasteiger partial charge in [0.25, 0.3) is 5.91 Å². The third-order valence-electron chi connectivity index (χ3n) is 4.59. The van der Waals surface area contributed by atoms with Crippen LogP contribution in [0.3, 0.4) is 0 Å². The number of carbonyl (C=O) groups excluding carboxylic acids is 1. The molecule has 33 heavy (non-hydrogen) atoms. The van der Waals surface area contributed by atoms with Gasteiger partial charge in [0, 0.05) is 4.47 Å². The number of carbonyl (C=O) groups is 1. The van der Waals surface area contributed by atoms with Crippen LogP contribution in [-0.4, -0.2) is 17.7 Å². The Labute approximate surface area is 218 Å². The molecule has 1 fully saturated rings. The number of nitrogens with zero attached hydrogens (tertiary/aromatic N) is 1. The molecule has 168 valence electrons. The zero-order valence-corrected chi connectivity index (χ0v) is 22.2. The van der Waals surface area contributed by atoms with Crippen molar-refractivity contribution in [1.82, 2.24) is 5.32 Å². The van der Waals surface area contributed by atoms with E-state index in [9.17, 15) is 4.79 Å². The summed E-state index contributed by atoms with van der Waals surface area (Å²) in [6.07, 6.45) is 1.86. The molecule has 1 amide bonds. The minimum absolute atomic E-state index is 0.157. The number of benzene rings is 3. The summed E-state index contributed by atoms with van der Waals surface area (Å²) < 4.78 is 13.4. The lowest BCUT2D eigenvalue weighted by Crippen LogP contribution is -2.19. The Bertz CT molecular complexity index is 1210. The van der Waals surface area contributed by atoms with Crippen molar-refractivity contribution in [2.45, 2.75) is 13.5 Å². The Morgan fingerprint density at radius 1 is 1.06 bits per heavy atom. The van der Waals surface area contributed by atoms with E-state index >= 15 is 0 Å². The molecule has 1 heterocycles. The van der Waals surface area contributed by atoms with Gasteiger partial charge in [0.2, 0.25) is 0 Å². The summed E-state index contributed by atoms with van der Waals surface area (Å²) in [7, 11) is 0. The molecule has 0 bridgehead atoms. The molecule has 1 saturated heterocycles. The number of halogens is 2. The van der Waals surface area contributed by atoms with Crippen LogP contribution in [-0.2, 0) is 11.4 Å². The van der Waals surface area contributed by atoms with Crippen LogP contribution in [0.2, 0.25) is 0 Å². The van der Waals surface area contributed by atoms with Gasteiger partial charge in [-0.15, -0.1) is 0 Å². The first kappa shape index (κ1) is 23.8. The summed E-state index contributed by atoms with van der Waals surface area (Å²) in [4.78, 5) is 17.5. The van der Waals surface area contributed by atoms with Gasteiger partial charge in [0.15, 0.2) is 5.17 Å². The SMILES string of the molecule is CCOc1ccc(N=C2NC(=O)/C(=C\c3ccc(OCc4ccc(Br)cc4)c(I)c3)S2)cc1. The van der Waals surface area contributed by atoms with Gasteiger partial charge in [-0.05, 0) is 107 Å². The standard InChI is InChI=1S/C25H20BrIN2O3S/c1-2-31-20-10-8-19(9-11-20)28-25-29-24(30)23(33-25)14-17-5-12-22(21(27)13-17)32-15-16-3-6-18(26)7-4-16/h3-14H,2,15H2,1H3,(H,28,29,30)/b23-14+. The fourth-order valence-electron chi connectivity index (χ4n) is 3.00. The van der Waals surface area contributed by atoms with Crippen LogP contribution in [0, 0.1) is 3.57 Å². The van der Waals surface area contributed by atoms with E-state index in [0.29, 0.717) is 23.3 Å². The molecule has 1 aliphatic rings. The first-order chi connectivity index (χ1) is 16.0. The van der Waals surface area contributed by atoms with E-state index in [2.05, 4.69) is 48.8 Å². The van der Waals surface area contributed by atoms with E-state index in [1.807, 2.05) is 79.7 Å². The second-order valence-corrected chi connectivity index (χ2v) is 10.1. The van der Waals surface area contributed by atoms with E-state index in [4.69, 9.17) is 9.47 Å². The number of hydrogen-bond donors (Lipinski definition) is 1. The second kappa shape index (κ2) is 11.2. The molecule has 0 radical (unpaired) electrons. The molecule has 3 aromatic rings. The third-order valence-corrected chi connectivity index (χ3v) is 6.87. The van der Waals surface area contributed by atoms with E-state index in [1.54, 1.807) is 0 Å². The van der Waals surface area contributed by atoms with E-state index in [0.717, 1.165) is 36.4 Å². The van der Waals surface area contributed by atoms with Crippen LogP contribution >= 0.6 is 50.3 Å². The fourth-order valence-corrected chi connectivity index (χ4v) is 4.80. The molecular weight excluding hydrogens is 615 g/mol. The molecule has 0 aliphatic carbocycles. The van der Waals surface area contributed by atoms with Crippen LogP contribution in [0.1, 0.15) is 18.1 Å². The van der Waals surface area contributed by atoms with Crippen molar-refractivity contribution >= 4 is 73.1 Å². The van der Waals surface area contributed by atoms with E-state index < -0.39 is 0 Å². The van der Waals surface area contributed by atoms with Crippen LogP contribution in [0.5, 0.6) is 11.5 Å². The summed E-state index contributed by atoms with van der Waals surface area (Å²) in [6, 6.07) is 21.4. The summed E-state index contributed by atoms with van der Waals surface area (Å²) in [6.45, 7) is 3.05. The Balaban J connectivity index is 1.42. The van der Waals surface area contributed by atoms with Crippen LogP contribution in [0.15, 0.2) is 81.1 Å². The number of ether oxygens (including phenoxy) is 2. The van der Waals surface area contributed by atoms with Crippen molar-refractivity contribution < 1.29 is 14.3 Å². The fraction of sp³-hybridized carbons (Fsp3) is 0.120. The first-order valence-corrected chi connectivity index (χ1v) is 12.9. The molecule has 5 nitrogen and oxygen atoms in total. The van der Waals surface area contributed by atoms with Crippen molar-refractivity contribution in [3.8, 4) is 11.5 Å². The van der Waals surface area contributed by atoms with E-state index in [-0.39, 0.29) is 5.91 Å². The minimum atomic E-state index is -0.157. The number of rotatable bonds is 7. The molecule has 0 atom stereocenters. The number of nitrogens with one attached hydrogen (secondary N) is 1. The number of amides is 1. The van der Waals surface area contributed by atoms with Gasteiger partial charge >= 0.3 is 0 Å². The van der Waals surface area contributed by atoms with Gasteiger partial charge in [-0.3, -0.25) is 4.79 Å². The van der Waals surface area contributed by atoms with Crippen LogP contribution in [0.25, 0.3) is 6.08 Å². The molecule has 3 aromatic carbocycles. The smallest absolute Gasteiger partial charge is 0.264 e. The second-order valence-electron chi connectivity index (χ2n) is 7.01. The summed E-state index contributed by atoms with van der Waals surface area (Å²) >= 11 is 7.01.